The quantitative estimate of drug-likeness (QED) is 0.476. The Morgan fingerprint density at radius 3 is 2.50 bits per heavy atom. The van der Waals surface area contributed by atoms with Crippen molar-refractivity contribution in [2.24, 2.45) is 0 Å². The van der Waals surface area contributed by atoms with Crippen molar-refractivity contribution in [2.45, 2.75) is 39.2 Å². The first-order valence-corrected chi connectivity index (χ1v) is 11.5. The van der Waals surface area contributed by atoms with Gasteiger partial charge in [-0.3, -0.25) is 9.67 Å². The van der Waals surface area contributed by atoms with Crippen molar-refractivity contribution in [2.75, 3.05) is 32.1 Å². The van der Waals surface area contributed by atoms with Crippen LogP contribution in [-0.2, 0) is 11.3 Å². The van der Waals surface area contributed by atoms with E-state index < -0.39 is 11.9 Å². The molecule has 7 nitrogen and oxygen atoms in total. The number of benzene rings is 1. The molecule has 1 aromatic carbocycles. The van der Waals surface area contributed by atoms with Gasteiger partial charge in [0.1, 0.15) is 0 Å². The summed E-state index contributed by atoms with van der Waals surface area (Å²) in [4.78, 5) is 18.3. The molecule has 3 aromatic rings. The van der Waals surface area contributed by atoms with E-state index in [4.69, 9.17) is 4.74 Å². The van der Waals surface area contributed by atoms with Gasteiger partial charge in [0.05, 0.1) is 31.1 Å². The number of piperidine rings is 1. The van der Waals surface area contributed by atoms with Crippen molar-refractivity contribution in [1.29, 1.82) is 0 Å². The molecule has 1 N–H and O–H groups in total. The average Bonchev–Trinajstić information content (AvgIpc) is 3.27. The Morgan fingerprint density at radius 1 is 1.12 bits per heavy atom. The molecule has 34 heavy (non-hydrogen) atoms. The third kappa shape index (κ3) is 6.38. The van der Waals surface area contributed by atoms with Gasteiger partial charge in [-0.25, -0.2) is 13.6 Å². The van der Waals surface area contributed by atoms with Gasteiger partial charge < -0.3 is 15.0 Å². The van der Waals surface area contributed by atoms with Crippen LogP contribution in [0.5, 0.6) is 0 Å². The highest BCUT2D eigenvalue weighted by atomic mass is 19.3. The number of carbonyl (C=O) groups excluding carboxylic acids is 1. The Labute approximate surface area is 198 Å². The van der Waals surface area contributed by atoms with Crippen LogP contribution in [-0.4, -0.2) is 58.3 Å². The van der Waals surface area contributed by atoms with Crippen LogP contribution < -0.4 is 5.32 Å². The number of methoxy groups -OCH3 is 1. The number of rotatable bonds is 7. The zero-order chi connectivity index (χ0) is 24.6. The fourth-order valence-electron chi connectivity index (χ4n) is 3.71. The highest BCUT2D eigenvalue weighted by molar-refractivity contribution is 5.96. The van der Waals surface area contributed by atoms with Crippen molar-refractivity contribution in [1.82, 2.24) is 19.7 Å². The monoisotopic (exact) mass is 471 g/mol. The molecule has 4 rings (SSSR count). The average molecular weight is 472 g/mol. The van der Waals surface area contributed by atoms with Crippen LogP contribution in [0.15, 0.2) is 55.0 Å². The van der Waals surface area contributed by atoms with Crippen LogP contribution in [0, 0.1) is 0 Å². The third-order valence-electron chi connectivity index (χ3n) is 5.56. The zero-order valence-electron chi connectivity index (χ0n) is 19.8. The van der Waals surface area contributed by atoms with Gasteiger partial charge in [-0.1, -0.05) is 44.2 Å². The number of alkyl halides is 2. The van der Waals surface area contributed by atoms with Crippen LogP contribution in [0.3, 0.4) is 0 Å². The lowest BCUT2D eigenvalue weighted by atomic mass is 10.1. The molecule has 182 valence electrons. The number of aromatic nitrogens is 3. The molecule has 0 radical (unpaired) electrons. The van der Waals surface area contributed by atoms with E-state index in [9.17, 15) is 13.6 Å². The highest BCUT2D eigenvalue weighted by Crippen LogP contribution is 2.31. The first-order valence-electron chi connectivity index (χ1n) is 11.5. The van der Waals surface area contributed by atoms with Gasteiger partial charge in [0.2, 0.25) is 0 Å². The molecule has 0 saturated carbocycles. The molecule has 0 unspecified atom stereocenters. The smallest absolute Gasteiger partial charge is 0.340 e. The summed E-state index contributed by atoms with van der Waals surface area (Å²) in [5.74, 6) is -2.46. The number of hydrogen-bond acceptors (Lipinski definition) is 6. The fourth-order valence-corrected chi connectivity index (χ4v) is 3.71. The minimum absolute atomic E-state index is 0.106. The van der Waals surface area contributed by atoms with Crippen LogP contribution in [0.2, 0.25) is 0 Å². The summed E-state index contributed by atoms with van der Waals surface area (Å²) in [6, 6.07) is 11.3. The Balaban J connectivity index is 0.00000158. The number of esters is 1. The number of likely N-dealkylation sites (tertiary alicyclic amines) is 1. The summed E-state index contributed by atoms with van der Waals surface area (Å²) < 4.78 is 33.5. The second-order valence-electron chi connectivity index (χ2n) is 7.76. The van der Waals surface area contributed by atoms with Crippen molar-refractivity contribution in [3.8, 4) is 11.1 Å². The van der Waals surface area contributed by atoms with Gasteiger partial charge in [-0.2, -0.15) is 5.10 Å². The van der Waals surface area contributed by atoms with Gasteiger partial charge in [0.15, 0.2) is 5.82 Å². The van der Waals surface area contributed by atoms with Crippen LogP contribution in [0.4, 0.5) is 20.3 Å². The van der Waals surface area contributed by atoms with Crippen LogP contribution >= 0.6 is 0 Å². The number of anilines is 2. The van der Waals surface area contributed by atoms with Crippen molar-refractivity contribution < 1.29 is 18.3 Å². The number of ether oxygens (including phenoxy) is 1. The minimum Gasteiger partial charge on any atom is -0.465 e. The molecule has 9 heteroatoms. The molecule has 0 aliphatic carbocycles. The number of halogens is 2. The summed E-state index contributed by atoms with van der Waals surface area (Å²) in [6.45, 7) is 5.95. The van der Waals surface area contributed by atoms with E-state index in [0.717, 1.165) is 11.1 Å². The predicted octanol–water partition coefficient (Wildman–Crippen LogP) is 5.23. The van der Waals surface area contributed by atoms with E-state index in [0.29, 0.717) is 43.2 Å². The molecule has 1 aliphatic rings. The third-order valence-corrected chi connectivity index (χ3v) is 5.56. The summed E-state index contributed by atoms with van der Waals surface area (Å²) in [5.41, 5.74) is 2.66. The Hall–Kier alpha value is -3.33. The molecular weight excluding hydrogens is 440 g/mol. The fraction of sp³-hybridized carbons (Fsp3) is 0.400. The molecule has 3 heterocycles. The number of nitrogens with zero attached hydrogens (tertiary/aromatic N) is 4. The Kier molecular flexibility index (Phi) is 8.70. The van der Waals surface area contributed by atoms with Gasteiger partial charge >= 0.3 is 5.97 Å². The Bertz CT molecular complexity index is 1060. The summed E-state index contributed by atoms with van der Waals surface area (Å²) >= 11 is 0. The van der Waals surface area contributed by atoms with E-state index >= 15 is 0 Å². The lowest BCUT2D eigenvalue weighted by Gasteiger charge is -2.31. The van der Waals surface area contributed by atoms with E-state index in [1.807, 2.05) is 55.3 Å². The number of hydrogen-bond donors (Lipinski definition) is 1. The molecule has 0 amide bonds. The maximum Gasteiger partial charge on any atom is 0.340 e. The molecule has 0 atom stereocenters. The topological polar surface area (TPSA) is 72.3 Å². The maximum absolute atomic E-state index is 13.4. The standard InChI is InChI=1S/C23H25F2N5O2.C2H6/c1-32-22(31)18-7-10-26-15-20(18)27-21-19(17-5-3-2-4-6-17)16-30(28-21)14-13-29-11-8-23(24,25)9-12-29;1-2/h2-7,10,15-16H,8-9,11-14H2,1H3,(H,27,28);1-2H3. The first kappa shape index (κ1) is 25.3. The van der Waals surface area contributed by atoms with E-state index in [2.05, 4.69) is 15.4 Å². The van der Waals surface area contributed by atoms with Gasteiger partial charge in [0, 0.05) is 50.4 Å². The largest absolute Gasteiger partial charge is 0.465 e. The first-order chi connectivity index (χ1) is 16.4. The highest BCUT2D eigenvalue weighted by Gasteiger charge is 2.33. The number of carbonyl (C=O) groups is 1. The molecule has 2 aromatic heterocycles. The van der Waals surface area contributed by atoms with E-state index in [1.165, 1.54) is 13.3 Å². The van der Waals surface area contributed by atoms with Crippen LogP contribution in [0.1, 0.15) is 37.0 Å². The van der Waals surface area contributed by atoms with Gasteiger partial charge in [0.25, 0.3) is 5.92 Å². The van der Waals surface area contributed by atoms with E-state index in [-0.39, 0.29) is 12.8 Å². The molecular formula is C25H31F2N5O2. The van der Waals surface area contributed by atoms with Gasteiger partial charge in [-0.05, 0) is 11.6 Å². The molecule has 1 fully saturated rings. The lowest BCUT2D eigenvalue weighted by molar-refractivity contribution is -0.0555. The summed E-state index contributed by atoms with van der Waals surface area (Å²) in [7, 11) is 1.33. The predicted molar refractivity (Wildman–Crippen MR) is 128 cm³/mol. The molecule has 0 bridgehead atoms. The number of pyridine rings is 1. The van der Waals surface area contributed by atoms with Crippen LogP contribution in [0.25, 0.3) is 11.1 Å². The van der Waals surface area contributed by atoms with Crippen molar-refractivity contribution in [3.63, 3.8) is 0 Å². The molecule has 1 saturated heterocycles. The second kappa shape index (κ2) is 11.7. The van der Waals surface area contributed by atoms with Crippen molar-refractivity contribution >= 4 is 17.5 Å². The second-order valence-corrected chi connectivity index (χ2v) is 7.76. The zero-order valence-corrected chi connectivity index (χ0v) is 19.8. The van der Waals surface area contributed by atoms with Crippen molar-refractivity contribution in [3.05, 3.63) is 60.6 Å². The summed E-state index contributed by atoms with van der Waals surface area (Å²) in [6.07, 6.45) is 4.78. The van der Waals surface area contributed by atoms with Gasteiger partial charge in [-0.15, -0.1) is 0 Å². The normalized spacial score (nSPS) is 15.2. The number of nitrogens with one attached hydrogen (secondary N) is 1. The molecule has 0 spiro atoms. The molecule has 1 aliphatic heterocycles. The van der Waals surface area contributed by atoms with E-state index in [1.54, 1.807) is 16.9 Å². The summed E-state index contributed by atoms with van der Waals surface area (Å²) in [5, 5.41) is 7.89. The minimum atomic E-state index is -2.55. The Morgan fingerprint density at radius 2 is 1.82 bits per heavy atom. The maximum atomic E-state index is 13.4. The lowest BCUT2D eigenvalue weighted by Crippen LogP contribution is -2.40. The SMILES string of the molecule is CC.COC(=O)c1ccncc1Nc1nn(CCN2CCC(F)(F)CC2)cc1-c1ccccc1.